The maximum atomic E-state index is 10.9. The largest absolute Gasteiger partial charge is 0.490 e. The van der Waals surface area contributed by atoms with Crippen LogP contribution in [-0.2, 0) is 10.3 Å². The van der Waals surface area contributed by atoms with Crippen LogP contribution in [0.25, 0.3) is 0 Å². The van der Waals surface area contributed by atoms with Crippen molar-refractivity contribution in [1.29, 1.82) is 0 Å². The topological polar surface area (TPSA) is 41.9 Å². The molecule has 118 valence electrons. The van der Waals surface area contributed by atoms with Crippen LogP contribution in [0.5, 0.6) is 5.75 Å². The fraction of sp³-hybridized carbons (Fsp3) is 0.611. The van der Waals surface area contributed by atoms with Crippen molar-refractivity contribution in [2.45, 2.75) is 50.2 Å². The van der Waals surface area contributed by atoms with Gasteiger partial charge in [-0.05, 0) is 38.8 Å². The smallest absolute Gasteiger partial charge is 0.235 e. The summed E-state index contributed by atoms with van der Waals surface area (Å²) in [7, 11) is 2.15. The van der Waals surface area contributed by atoms with Crippen LogP contribution in [0.1, 0.15) is 44.1 Å². The molecule has 2 aliphatic rings. The zero-order valence-electron chi connectivity index (χ0n) is 13.3. The number of para-hydroxylation sites is 1. The van der Waals surface area contributed by atoms with Crippen LogP contribution in [-0.4, -0.2) is 37.2 Å². The van der Waals surface area contributed by atoms with Crippen LogP contribution < -0.4 is 4.74 Å². The normalized spacial score (nSPS) is 22.2. The van der Waals surface area contributed by atoms with Crippen LogP contribution in [0.15, 0.2) is 29.3 Å². The number of likely N-dealkylation sites (tertiary alicyclic amines) is 1. The molecule has 0 unspecified atom stereocenters. The average molecular weight is 300 g/mol. The Labute approximate surface area is 132 Å². The molecule has 1 aliphatic carbocycles. The van der Waals surface area contributed by atoms with Crippen LogP contribution >= 0.6 is 0 Å². The highest BCUT2D eigenvalue weighted by atomic mass is 16.5. The Morgan fingerprint density at radius 1 is 1.23 bits per heavy atom. The van der Waals surface area contributed by atoms with Gasteiger partial charge in [-0.3, -0.25) is 0 Å². The van der Waals surface area contributed by atoms with Crippen molar-refractivity contribution in [1.82, 2.24) is 4.90 Å². The highest BCUT2D eigenvalue weighted by molar-refractivity contribution is 5.44. The van der Waals surface area contributed by atoms with E-state index in [0.717, 1.165) is 62.9 Å². The molecule has 4 nitrogen and oxygen atoms in total. The standard InChI is InChI=1S/C18H24N2O2/c1-20-12-8-15(9-13-20)22-17-7-3-2-6-16(17)18(19-14-21)10-4-5-11-18/h2-3,6-7,15H,4-5,8-13H2,1H3. The monoisotopic (exact) mass is 300 g/mol. The summed E-state index contributed by atoms with van der Waals surface area (Å²) in [5.74, 6) is 0.901. The first-order chi connectivity index (χ1) is 10.7. The first kappa shape index (κ1) is 15.3. The number of carbonyl (C=O) groups excluding carboxylic acids is 1. The zero-order valence-corrected chi connectivity index (χ0v) is 13.3. The van der Waals surface area contributed by atoms with E-state index in [9.17, 15) is 4.79 Å². The van der Waals surface area contributed by atoms with Crippen molar-refractivity contribution in [2.24, 2.45) is 4.99 Å². The number of hydrogen-bond donors (Lipinski definition) is 0. The van der Waals surface area contributed by atoms with Gasteiger partial charge >= 0.3 is 0 Å². The summed E-state index contributed by atoms with van der Waals surface area (Å²) in [6.07, 6.45) is 8.19. The van der Waals surface area contributed by atoms with Crippen molar-refractivity contribution in [2.75, 3.05) is 20.1 Å². The molecule has 1 aromatic rings. The van der Waals surface area contributed by atoms with Gasteiger partial charge in [-0.25, -0.2) is 4.79 Å². The van der Waals surface area contributed by atoms with Gasteiger partial charge in [0.2, 0.25) is 6.08 Å². The number of rotatable bonds is 4. The summed E-state index contributed by atoms with van der Waals surface area (Å²) in [6, 6.07) is 8.10. The number of benzene rings is 1. The second kappa shape index (κ2) is 6.64. The van der Waals surface area contributed by atoms with Gasteiger partial charge in [0.15, 0.2) is 0 Å². The van der Waals surface area contributed by atoms with E-state index in [1.54, 1.807) is 6.08 Å². The highest BCUT2D eigenvalue weighted by Crippen LogP contribution is 2.45. The zero-order chi connectivity index (χ0) is 15.4. The number of piperidine rings is 1. The van der Waals surface area contributed by atoms with Gasteiger partial charge in [0.25, 0.3) is 0 Å². The van der Waals surface area contributed by atoms with Gasteiger partial charge in [-0.1, -0.05) is 31.0 Å². The first-order valence-corrected chi connectivity index (χ1v) is 8.27. The van der Waals surface area contributed by atoms with Gasteiger partial charge in [0, 0.05) is 18.7 Å². The Kier molecular flexibility index (Phi) is 4.60. The molecule has 0 aromatic heterocycles. The van der Waals surface area contributed by atoms with E-state index >= 15 is 0 Å². The Morgan fingerprint density at radius 3 is 2.59 bits per heavy atom. The maximum Gasteiger partial charge on any atom is 0.235 e. The van der Waals surface area contributed by atoms with Crippen molar-refractivity contribution >= 4 is 6.08 Å². The van der Waals surface area contributed by atoms with E-state index in [4.69, 9.17) is 4.74 Å². The number of hydrogen-bond acceptors (Lipinski definition) is 4. The van der Waals surface area contributed by atoms with Crippen molar-refractivity contribution in [3.8, 4) is 5.75 Å². The third-order valence-corrected chi connectivity index (χ3v) is 5.04. The molecule has 0 atom stereocenters. The lowest BCUT2D eigenvalue weighted by Crippen LogP contribution is -2.36. The molecule has 0 spiro atoms. The minimum Gasteiger partial charge on any atom is -0.490 e. The van der Waals surface area contributed by atoms with Crippen LogP contribution in [0.4, 0.5) is 0 Å². The molecule has 1 heterocycles. The van der Waals surface area contributed by atoms with Crippen molar-refractivity contribution < 1.29 is 9.53 Å². The molecule has 0 amide bonds. The van der Waals surface area contributed by atoms with Crippen molar-refractivity contribution in [3.05, 3.63) is 29.8 Å². The quantitative estimate of drug-likeness (QED) is 0.633. The van der Waals surface area contributed by atoms with E-state index in [-0.39, 0.29) is 6.10 Å². The van der Waals surface area contributed by atoms with Gasteiger partial charge in [0.1, 0.15) is 17.4 Å². The number of aliphatic imine (C=N–C) groups is 1. The lowest BCUT2D eigenvalue weighted by molar-refractivity contribution is 0.112. The summed E-state index contributed by atoms with van der Waals surface area (Å²) < 4.78 is 6.30. The van der Waals surface area contributed by atoms with Crippen LogP contribution in [0.2, 0.25) is 0 Å². The Hall–Kier alpha value is -1.64. The van der Waals surface area contributed by atoms with Gasteiger partial charge in [-0.15, -0.1) is 0 Å². The van der Waals surface area contributed by atoms with E-state index < -0.39 is 5.54 Å². The lowest BCUT2D eigenvalue weighted by Gasteiger charge is -2.32. The fourth-order valence-electron chi connectivity index (χ4n) is 3.72. The Morgan fingerprint density at radius 2 is 1.91 bits per heavy atom. The minimum absolute atomic E-state index is 0.260. The predicted octanol–water partition coefficient (Wildman–Crippen LogP) is 3.26. The molecule has 1 aromatic carbocycles. The molecule has 1 saturated carbocycles. The first-order valence-electron chi connectivity index (χ1n) is 8.27. The van der Waals surface area contributed by atoms with Gasteiger partial charge in [-0.2, -0.15) is 4.99 Å². The molecule has 0 bridgehead atoms. The third-order valence-electron chi connectivity index (χ3n) is 5.04. The van der Waals surface area contributed by atoms with E-state index in [0.29, 0.717) is 0 Å². The van der Waals surface area contributed by atoms with E-state index in [1.807, 2.05) is 18.2 Å². The summed E-state index contributed by atoms with van der Waals surface area (Å²) in [5, 5.41) is 0. The average Bonchev–Trinajstić information content (AvgIpc) is 3.00. The maximum absolute atomic E-state index is 10.9. The van der Waals surface area contributed by atoms with E-state index in [2.05, 4.69) is 23.0 Å². The number of ether oxygens (including phenoxy) is 1. The lowest BCUT2D eigenvalue weighted by atomic mass is 9.88. The molecule has 1 saturated heterocycles. The Balaban J connectivity index is 1.85. The van der Waals surface area contributed by atoms with Crippen LogP contribution in [0, 0.1) is 0 Å². The molecular formula is C18H24N2O2. The second-order valence-electron chi connectivity index (χ2n) is 6.56. The fourth-order valence-corrected chi connectivity index (χ4v) is 3.72. The molecule has 1 aliphatic heterocycles. The molecular weight excluding hydrogens is 276 g/mol. The SMILES string of the molecule is CN1CCC(Oc2ccccc2C2(N=C=O)CCCC2)CC1. The molecule has 0 N–H and O–H groups in total. The number of isocyanates is 1. The highest BCUT2D eigenvalue weighted by Gasteiger charge is 2.38. The summed E-state index contributed by atoms with van der Waals surface area (Å²) >= 11 is 0. The van der Waals surface area contributed by atoms with Gasteiger partial charge < -0.3 is 9.64 Å². The van der Waals surface area contributed by atoms with Crippen molar-refractivity contribution in [3.63, 3.8) is 0 Å². The summed E-state index contributed by atoms with van der Waals surface area (Å²) in [6.45, 7) is 2.15. The van der Waals surface area contributed by atoms with Gasteiger partial charge in [0.05, 0.1) is 0 Å². The molecule has 4 heteroatoms. The predicted molar refractivity (Wildman–Crippen MR) is 85.9 cm³/mol. The Bertz CT molecular complexity index is 552. The summed E-state index contributed by atoms with van der Waals surface area (Å²) in [5.41, 5.74) is 0.652. The molecule has 22 heavy (non-hydrogen) atoms. The third kappa shape index (κ3) is 3.08. The van der Waals surface area contributed by atoms with Crippen LogP contribution in [0.3, 0.4) is 0 Å². The summed E-state index contributed by atoms with van der Waals surface area (Å²) in [4.78, 5) is 17.5. The van der Waals surface area contributed by atoms with E-state index in [1.165, 1.54) is 0 Å². The molecule has 2 fully saturated rings. The second-order valence-corrected chi connectivity index (χ2v) is 6.56. The molecule has 0 radical (unpaired) electrons. The molecule has 3 rings (SSSR count). The number of nitrogens with zero attached hydrogens (tertiary/aromatic N) is 2. The minimum atomic E-state index is -0.413.